The Morgan fingerprint density at radius 1 is 1.21 bits per heavy atom. The number of nitrogens with zero attached hydrogens (tertiary/aromatic N) is 4. The third-order valence-corrected chi connectivity index (χ3v) is 6.70. The summed E-state index contributed by atoms with van der Waals surface area (Å²) >= 11 is 12.7. The fourth-order valence-corrected chi connectivity index (χ4v) is 4.78. The summed E-state index contributed by atoms with van der Waals surface area (Å²) in [7, 11) is 0. The van der Waals surface area contributed by atoms with Crippen LogP contribution < -0.4 is 0 Å². The minimum Gasteiger partial charge on any atom is -0.305 e. The summed E-state index contributed by atoms with van der Waals surface area (Å²) in [4.78, 5) is 2.22. The standard InChI is InChI=1S/C21H19Cl2N5/c1-12(2)28-7-6-13-15(8-24)20(27)21(10-25,11-26)18(16(13)9-28)14-4-3-5-17(22)19(14)23/h3-6,12,15-16,18,27H,7,9H2,1-2H3/t15?,16-,18+/m0/s1. The van der Waals surface area contributed by atoms with Gasteiger partial charge in [0.25, 0.3) is 0 Å². The van der Waals surface area contributed by atoms with Gasteiger partial charge in [-0.3, -0.25) is 4.90 Å². The first-order chi connectivity index (χ1) is 13.3. The molecule has 0 aromatic heterocycles. The molecule has 1 aliphatic heterocycles. The maximum absolute atomic E-state index is 10.1. The van der Waals surface area contributed by atoms with Crippen molar-refractivity contribution in [1.82, 2.24) is 4.90 Å². The number of fused-ring (bicyclic) bond motifs is 1. The number of benzene rings is 1. The van der Waals surface area contributed by atoms with Gasteiger partial charge in [-0.15, -0.1) is 0 Å². The van der Waals surface area contributed by atoms with Gasteiger partial charge in [0.1, 0.15) is 5.92 Å². The summed E-state index contributed by atoms with van der Waals surface area (Å²) in [5.74, 6) is -1.85. The number of hydrogen-bond acceptors (Lipinski definition) is 5. The molecule has 5 nitrogen and oxygen atoms in total. The molecule has 1 saturated carbocycles. The Bertz CT molecular complexity index is 962. The normalized spacial score (nSPS) is 26.6. The van der Waals surface area contributed by atoms with E-state index in [9.17, 15) is 15.8 Å². The summed E-state index contributed by atoms with van der Waals surface area (Å²) in [6, 6.07) is 11.7. The van der Waals surface area contributed by atoms with Crippen molar-refractivity contribution in [3.05, 3.63) is 45.5 Å². The second kappa shape index (κ2) is 7.57. The molecule has 1 aromatic rings. The topological polar surface area (TPSA) is 98.5 Å². The summed E-state index contributed by atoms with van der Waals surface area (Å²) in [6.07, 6.45) is 1.97. The Hall–Kier alpha value is -2.36. The zero-order chi connectivity index (χ0) is 20.6. The average molecular weight is 412 g/mol. The van der Waals surface area contributed by atoms with Crippen molar-refractivity contribution in [1.29, 1.82) is 21.2 Å². The van der Waals surface area contributed by atoms with Crippen LogP contribution in [-0.2, 0) is 0 Å². The molecule has 0 bridgehead atoms. The van der Waals surface area contributed by atoms with E-state index in [0.29, 0.717) is 23.7 Å². The molecule has 3 rings (SSSR count). The molecular formula is C21H19Cl2N5. The minimum absolute atomic E-state index is 0.179. The zero-order valence-corrected chi connectivity index (χ0v) is 17.1. The van der Waals surface area contributed by atoms with Crippen LogP contribution in [0.15, 0.2) is 29.8 Å². The van der Waals surface area contributed by atoms with Crippen LogP contribution in [0.3, 0.4) is 0 Å². The molecule has 1 aliphatic carbocycles. The smallest absolute Gasteiger partial charge is 0.189 e. The van der Waals surface area contributed by atoms with E-state index < -0.39 is 17.3 Å². The first kappa shape index (κ1) is 20.4. The highest BCUT2D eigenvalue weighted by Crippen LogP contribution is 2.55. The second-order valence-corrected chi connectivity index (χ2v) is 8.27. The molecule has 1 fully saturated rings. The summed E-state index contributed by atoms with van der Waals surface area (Å²) in [5, 5.41) is 39.1. The van der Waals surface area contributed by atoms with Crippen LogP contribution >= 0.6 is 23.2 Å². The second-order valence-electron chi connectivity index (χ2n) is 7.49. The van der Waals surface area contributed by atoms with Crippen molar-refractivity contribution in [2.75, 3.05) is 13.1 Å². The van der Waals surface area contributed by atoms with E-state index in [2.05, 4.69) is 37.0 Å². The van der Waals surface area contributed by atoms with Gasteiger partial charge in [0.2, 0.25) is 0 Å². The molecule has 3 atom stereocenters. The summed E-state index contributed by atoms with van der Waals surface area (Å²) in [6.45, 7) is 5.40. The predicted octanol–water partition coefficient (Wildman–Crippen LogP) is 4.55. The maximum Gasteiger partial charge on any atom is 0.189 e. The van der Waals surface area contributed by atoms with Gasteiger partial charge in [0.05, 0.1) is 34.0 Å². The highest BCUT2D eigenvalue weighted by atomic mass is 35.5. The summed E-state index contributed by atoms with van der Waals surface area (Å²) < 4.78 is 0. The van der Waals surface area contributed by atoms with Crippen molar-refractivity contribution in [2.45, 2.75) is 25.8 Å². The first-order valence-electron chi connectivity index (χ1n) is 9.01. The number of rotatable bonds is 2. The molecule has 0 saturated heterocycles. The zero-order valence-electron chi connectivity index (χ0n) is 15.6. The Morgan fingerprint density at radius 2 is 1.89 bits per heavy atom. The lowest BCUT2D eigenvalue weighted by molar-refractivity contribution is 0.171. The lowest BCUT2D eigenvalue weighted by atomic mass is 9.54. The third-order valence-electron chi connectivity index (χ3n) is 5.87. The molecule has 1 aromatic carbocycles. The predicted molar refractivity (Wildman–Crippen MR) is 108 cm³/mol. The van der Waals surface area contributed by atoms with E-state index in [4.69, 9.17) is 28.6 Å². The molecule has 0 spiro atoms. The highest BCUT2D eigenvalue weighted by Gasteiger charge is 2.58. The number of halogens is 2. The molecule has 1 N–H and O–H groups in total. The monoisotopic (exact) mass is 411 g/mol. The van der Waals surface area contributed by atoms with Crippen LogP contribution in [0.25, 0.3) is 0 Å². The van der Waals surface area contributed by atoms with Crippen LogP contribution in [-0.4, -0.2) is 29.7 Å². The molecule has 142 valence electrons. The van der Waals surface area contributed by atoms with E-state index in [1.54, 1.807) is 18.2 Å². The van der Waals surface area contributed by atoms with Crippen molar-refractivity contribution in [3.8, 4) is 18.2 Å². The molecular weight excluding hydrogens is 393 g/mol. The van der Waals surface area contributed by atoms with Gasteiger partial charge >= 0.3 is 0 Å². The molecule has 0 radical (unpaired) electrons. The van der Waals surface area contributed by atoms with Gasteiger partial charge in [0, 0.05) is 31.0 Å². The Balaban J connectivity index is 2.30. The molecule has 0 amide bonds. The molecule has 2 aliphatic rings. The van der Waals surface area contributed by atoms with Crippen LogP contribution in [0.4, 0.5) is 0 Å². The lowest BCUT2D eigenvalue weighted by Gasteiger charge is -2.48. The molecule has 1 heterocycles. The van der Waals surface area contributed by atoms with Gasteiger partial charge in [-0.25, -0.2) is 0 Å². The van der Waals surface area contributed by atoms with Crippen molar-refractivity contribution < 1.29 is 0 Å². The van der Waals surface area contributed by atoms with Crippen LogP contribution in [0.5, 0.6) is 0 Å². The number of nitrogens with one attached hydrogen (secondary N) is 1. The van der Waals surface area contributed by atoms with Crippen molar-refractivity contribution in [2.24, 2.45) is 17.3 Å². The maximum atomic E-state index is 10.1. The van der Waals surface area contributed by atoms with E-state index in [-0.39, 0.29) is 22.7 Å². The molecule has 28 heavy (non-hydrogen) atoms. The van der Waals surface area contributed by atoms with E-state index in [0.717, 1.165) is 5.57 Å². The number of nitriles is 3. The Labute approximate surface area is 174 Å². The largest absolute Gasteiger partial charge is 0.305 e. The SMILES string of the molecule is CC(C)N1CC=C2C(C#N)C(=N)C(C#N)(C#N)[C@H](c3cccc(Cl)c3Cl)[C@H]2C1. The van der Waals surface area contributed by atoms with Crippen molar-refractivity contribution >= 4 is 28.9 Å². The summed E-state index contributed by atoms with van der Waals surface area (Å²) in [5.41, 5.74) is -0.593. The van der Waals surface area contributed by atoms with Crippen LogP contribution in [0.2, 0.25) is 10.0 Å². The van der Waals surface area contributed by atoms with E-state index in [1.807, 2.05) is 6.08 Å². The quantitative estimate of drug-likeness (QED) is 0.721. The van der Waals surface area contributed by atoms with Gasteiger partial charge in [-0.2, -0.15) is 15.8 Å². The first-order valence-corrected chi connectivity index (χ1v) is 9.76. The van der Waals surface area contributed by atoms with Gasteiger partial charge < -0.3 is 5.41 Å². The molecule has 1 unspecified atom stereocenters. The highest BCUT2D eigenvalue weighted by molar-refractivity contribution is 6.42. The molecule has 7 heteroatoms. The van der Waals surface area contributed by atoms with Gasteiger partial charge in [0.15, 0.2) is 5.41 Å². The Morgan fingerprint density at radius 3 is 2.46 bits per heavy atom. The van der Waals surface area contributed by atoms with Crippen LogP contribution in [0, 0.1) is 56.7 Å². The van der Waals surface area contributed by atoms with Crippen molar-refractivity contribution in [3.63, 3.8) is 0 Å². The third kappa shape index (κ3) is 2.90. The fourth-order valence-electron chi connectivity index (χ4n) is 4.36. The number of hydrogen-bond donors (Lipinski definition) is 1. The van der Waals surface area contributed by atoms with E-state index >= 15 is 0 Å². The average Bonchev–Trinajstić information content (AvgIpc) is 2.69. The lowest BCUT2D eigenvalue weighted by Crippen LogP contribution is -2.53. The van der Waals surface area contributed by atoms with E-state index in [1.165, 1.54) is 0 Å². The van der Waals surface area contributed by atoms with Gasteiger partial charge in [-0.05, 0) is 31.1 Å². The fraction of sp³-hybridized carbons (Fsp3) is 0.429. The minimum atomic E-state index is -1.78. The van der Waals surface area contributed by atoms with Gasteiger partial charge in [-0.1, -0.05) is 41.4 Å². The van der Waals surface area contributed by atoms with Crippen LogP contribution in [0.1, 0.15) is 25.3 Å². The Kier molecular flexibility index (Phi) is 5.51.